The summed E-state index contributed by atoms with van der Waals surface area (Å²) in [6, 6.07) is 23.1. The summed E-state index contributed by atoms with van der Waals surface area (Å²) in [5, 5.41) is 2.47. The van der Waals surface area contributed by atoms with Gasteiger partial charge in [-0.25, -0.2) is 0 Å². The van der Waals surface area contributed by atoms with Crippen LogP contribution in [-0.2, 0) is 4.65 Å². The highest BCUT2D eigenvalue weighted by Gasteiger charge is 2.33. The highest BCUT2D eigenvalue weighted by molar-refractivity contribution is 6.82. The molecule has 0 aromatic heterocycles. The maximum atomic E-state index is 6.42. The van der Waals surface area contributed by atoms with E-state index in [1.54, 1.807) is 0 Å². The average molecular weight is 302 g/mol. The van der Waals surface area contributed by atoms with E-state index in [-0.39, 0.29) is 19.1 Å². The molecule has 0 N–H and O–H groups in total. The molecule has 0 bridgehead atoms. The summed E-state index contributed by atoms with van der Waals surface area (Å²) in [4.78, 5) is 0. The Morgan fingerprint density at radius 3 is 2.35 bits per heavy atom. The first kappa shape index (κ1) is 14.3. The molecule has 1 heterocycles. The van der Waals surface area contributed by atoms with Crippen LogP contribution in [0.3, 0.4) is 0 Å². The van der Waals surface area contributed by atoms with Gasteiger partial charge >= 0.3 is 6.92 Å². The van der Waals surface area contributed by atoms with E-state index in [9.17, 15) is 0 Å². The standard InChI is InChI=1S/C20H19BO2/c1-14-15(2)23-21(19-11-5-6-13-20(19)22-14)18-12-7-9-16-8-3-4-10-17(16)18/h3-15H,1-2H3/t14-,15-/m0/s1. The molecule has 1 aliphatic heterocycles. The maximum Gasteiger partial charge on any atom is 0.366 e. The second kappa shape index (κ2) is 5.75. The lowest BCUT2D eigenvalue weighted by Crippen LogP contribution is -2.46. The van der Waals surface area contributed by atoms with Crippen LogP contribution in [0.5, 0.6) is 5.75 Å². The fraction of sp³-hybridized carbons (Fsp3) is 0.200. The highest BCUT2D eigenvalue weighted by atomic mass is 16.5. The number of hydrogen-bond acceptors (Lipinski definition) is 2. The molecule has 4 rings (SSSR count). The van der Waals surface area contributed by atoms with Gasteiger partial charge in [-0.15, -0.1) is 0 Å². The first-order chi connectivity index (χ1) is 11.2. The van der Waals surface area contributed by atoms with Crippen LogP contribution in [0, 0.1) is 0 Å². The summed E-state index contributed by atoms with van der Waals surface area (Å²) in [5.74, 6) is 0.919. The lowest BCUT2D eigenvalue weighted by atomic mass is 9.54. The molecule has 3 aromatic carbocycles. The molecule has 0 aliphatic carbocycles. The third-order valence-corrected chi connectivity index (χ3v) is 4.63. The van der Waals surface area contributed by atoms with Gasteiger partial charge in [-0.2, -0.15) is 0 Å². The third-order valence-electron chi connectivity index (χ3n) is 4.63. The van der Waals surface area contributed by atoms with E-state index in [1.165, 1.54) is 16.2 Å². The Hall–Kier alpha value is -2.26. The lowest BCUT2D eigenvalue weighted by molar-refractivity contribution is 0.0875. The lowest BCUT2D eigenvalue weighted by Gasteiger charge is -2.21. The van der Waals surface area contributed by atoms with Crippen LogP contribution in [-0.4, -0.2) is 19.1 Å². The zero-order chi connectivity index (χ0) is 15.8. The summed E-state index contributed by atoms with van der Waals surface area (Å²) in [6.45, 7) is 4.03. The van der Waals surface area contributed by atoms with Crippen molar-refractivity contribution in [2.75, 3.05) is 0 Å². The molecule has 0 fully saturated rings. The molecule has 0 unspecified atom stereocenters. The molecule has 2 atom stereocenters. The molecule has 0 saturated heterocycles. The van der Waals surface area contributed by atoms with Gasteiger partial charge in [-0.1, -0.05) is 60.7 Å². The minimum absolute atomic E-state index is 0.0198. The van der Waals surface area contributed by atoms with Crippen molar-refractivity contribution >= 4 is 28.6 Å². The van der Waals surface area contributed by atoms with Crippen LogP contribution in [0.15, 0.2) is 66.7 Å². The topological polar surface area (TPSA) is 18.5 Å². The maximum absolute atomic E-state index is 6.42. The van der Waals surface area contributed by atoms with Crippen LogP contribution in [0.2, 0.25) is 0 Å². The second-order valence-electron chi connectivity index (χ2n) is 6.15. The highest BCUT2D eigenvalue weighted by Crippen LogP contribution is 2.20. The molecule has 0 spiro atoms. The molecular weight excluding hydrogens is 283 g/mol. The Morgan fingerprint density at radius 1 is 0.739 bits per heavy atom. The predicted octanol–water partition coefficient (Wildman–Crippen LogP) is 3.13. The van der Waals surface area contributed by atoms with Crippen molar-refractivity contribution in [3.05, 3.63) is 66.7 Å². The van der Waals surface area contributed by atoms with E-state index in [4.69, 9.17) is 9.39 Å². The number of hydrogen-bond donors (Lipinski definition) is 0. The van der Waals surface area contributed by atoms with Crippen LogP contribution < -0.4 is 15.7 Å². The van der Waals surface area contributed by atoms with Gasteiger partial charge in [-0.3, -0.25) is 0 Å². The van der Waals surface area contributed by atoms with Crippen molar-refractivity contribution in [2.24, 2.45) is 0 Å². The monoisotopic (exact) mass is 302 g/mol. The van der Waals surface area contributed by atoms with E-state index >= 15 is 0 Å². The van der Waals surface area contributed by atoms with E-state index in [0.29, 0.717) is 0 Å². The van der Waals surface area contributed by atoms with Crippen molar-refractivity contribution in [3.8, 4) is 5.75 Å². The van der Waals surface area contributed by atoms with Crippen molar-refractivity contribution in [1.82, 2.24) is 0 Å². The number of ether oxygens (including phenoxy) is 1. The number of rotatable bonds is 1. The summed E-state index contributed by atoms with van der Waals surface area (Å²) < 4.78 is 12.5. The molecule has 2 nitrogen and oxygen atoms in total. The van der Waals surface area contributed by atoms with E-state index in [1.807, 2.05) is 18.2 Å². The minimum atomic E-state index is -0.114. The Balaban J connectivity index is 1.92. The fourth-order valence-electron chi connectivity index (χ4n) is 3.22. The number of benzene rings is 3. The SMILES string of the molecule is C[C@@H]1OB(c2cccc3ccccc23)c2ccccc2O[C@H]1C. The zero-order valence-corrected chi connectivity index (χ0v) is 13.4. The predicted molar refractivity (Wildman–Crippen MR) is 96.0 cm³/mol. The average Bonchev–Trinajstić information content (AvgIpc) is 2.71. The van der Waals surface area contributed by atoms with Gasteiger partial charge in [-0.05, 0) is 41.6 Å². The van der Waals surface area contributed by atoms with Gasteiger partial charge in [0, 0.05) is 0 Å². The Morgan fingerprint density at radius 2 is 1.43 bits per heavy atom. The van der Waals surface area contributed by atoms with Crippen LogP contribution in [0.1, 0.15) is 13.8 Å². The molecule has 1 aliphatic rings. The van der Waals surface area contributed by atoms with Gasteiger partial charge in [0.15, 0.2) is 0 Å². The smallest absolute Gasteiger partial charge is 0.366 e. The molecule has 0 saturated carbocycles. The van der Waals surface area contributed by atoms with E-state index in [0.717, 1.165) is 11.2 Å². The summed E-state index contributed by atoms with van der Waals surface area (Å²) >= 11 is 0. The van der Waals surface area contributed by atoms with Gasteiger partial charge in [0.05, 0.1) is 6.10 Å². The molecule has 23 heavy (non-hydrogen) atoms. The zero-order valence-electron chi connectivity index (χ0n) is 13.4. The van der Waals surface area contributed by atoms with E-state index < -0.39 is 0 Å². The summed E-state index contributed by atoms with van der Waals surface area (Å²) in [6.07, 6.45) is 0.0440. The van der Waals surface area contributed by atoms with Crippen molar-refractivity contribution in [3.63, 3.8) is 0 Å². The second-order valence-corrected chi connectivity index (χ2v) is 6.15. The number of para-hydroxylation sites is 1. The van der Waals surface area contributed by atoms with Gasteiger partial charge in [0.1, 0.15) is 11.9 Å². The van der Waals surface area contributed by atoms with Crippen LogP contribution in [0.4, 0.5) is 0 Å². The van der Waals surface area contributed by atoms with Gasteiger partial charge in [0.2, 0.25) is 0 Å². The molecular formula is C20H19BO2. The summed E-state index contributed by atoms with van der Waals surface area (Å²) in [5.41, 5.74) is 2.29. The minimum Gasteiger partial charge on any atom is -0.489 e. The van der Waals surface area contributed by atoms with Gasteiger partial charge < -0.3 is 9.39 Å². The molecule has 0 amide bonds. The van der Waals surface area contributed by atoms with Crippen molar-refractivity contribution in [2.45, 2.75) is 26.1 Å². The van der Waals surface area contributed by atoms with Crippen molar-refractivity contribution < 1.29 is 9.39 Å². The Bertz CT molecular complexity index is 840. The Kier molecular flexibility index (Phi) is 3.58. The first-order valence-electron chi connectivity index (χ1n) is 8.13. The molecule has 114 valence electrons. The molecule has 3 aromatic rings. The Labute approximate surface area is 137 Å². The summed E-state index contributed by atoms with van der Waals surface area (Å²) in [7, 11) is 0. The largest absolute Gasteiger partial charge is 0.489 e. The van der Waals surface area contributed by atoms with E-state index in [2.05, 4.69) is 62.4 Å². The van der Waals surface area contributed by atoms with Crippen molar-refractivity contribution in [1.29, 1.82) is 0 Å². The molecule has 3 heteroatoms. The third kappa shape index (κ3) is 2.51. The first-order valence-corrected chi connectivity index (χ1v) is 8.13. The van der Waals surface area contributed by atoms with Crippen LogP contribution in [0.25, 0.3) is 10.8 Å². The van der Waals surface area contributed by atoms with Gasteiger partial charge in [0.25, 0.3) is 0 Å². The fourth-order valence-corrected chi connectivity index (χ4v) is 3.22. The quantitative estimate of drug-likeness (QED) is 0.643. The number of fused-ring (bicyclic) bond motifs is 2. The van der Waals surface area contributed by atoms with Crippen LogP contribution >= 0.6 is 0 Å². The normalized spacial score (nSPS) is 20.7. The molecule has 0 radical (unpaired) electrons.